The van der Waals surface area contributed by atoms with Gasteiger partial charge in [0.15, 0.2) is 0 Å². The van der Waals surface area contributed by atoms with Gasteiger partial charge in [0.25, 0.3) is 0 Å². The van der Waals surface area contributed by atoms with Crippen LogP contribution in [0.25, 0.3) is 0 Å². The van der Waals surface area contributed by atoms with Gasteiger partial charge in [0.05, 0.1) is 25.2 Å². The minimum atomic E-state index is -0.800. The maximum atomic E-state index is 13.2. The molecule has 0 rings (SSSR count). The Morgan fingerprint density at radius 3 is 1.38 bits per heavy atom. The van der Waals surface area contributed by atoms with Gasteiger partial charge in [0.2, 0.25) is 5.91 Å². The Labute approximate surface area is 371 Å². The number of allylic oxidation sites excluding steroid dienone is 10. The number of aliphatic hydroxyl groups is 2. The van der Waals surface area contributed by atoms with Crippen molar-refractivity contribution < 1.29 is 24.5 Å². The number of carbonyl (C=O) groups excluding carboxylic acids is 2. The van der Waals surface area contributed by atoms with E-state index in [-0.39, 0.29) is 24.9 Å². The molecule has 0 aromatic heterocycles. The SMILES string of the molecule is CCCCC/C=C/C=C/C=C/C=C/CCCCCC(CC(=O)NC(CO)C(O)CCCCCCCCCCC)OC(=O)CCCCCCC/C=C/CCCCCCCCC. The molecule has 348 valence electrons. The minimum absolute atomic E-state index is 0.0472. The zero-order chi connectivity index (χ0) is 43.8. The van der Waals surface area contributed by atoms with Crippen LogP contribution in [0.1, 0.15) is 245 Å². The van der Waals surface area contributed by atoms with E-state index in [2.05, 4.69) is 80.8 Å². The van der Waals surface area contributed by atoms with Crippen LogP contribution in [-0.4, -0.2) is 46.9 Å². The zero-order valence-electron chi connectivity index (χ0n) is 39.6. The highest BCUT2D eigenvalue weighted by Gasteiger charge is 2.24. The lowest BCUT2D eigenvalue weighted by atomic mass is 10.0. The van der Waals surface area contributed by atoms with Crippen LogP contribution < -0.4 is 5.32 Å². The molecule has 0 fully saturated rings. The van der Waals surface area contributed by atoms with Crippen molar-refractivity contribution in [3.63, 3.8) is 0 Å². The summed E-state index contributed by atoms with van der Waals surface area (Å²) in [6.07, 6.45) is 58.5. The second-order valence-corrected chi connectivity index (χ2v) is 17.3. The van der Waals surface area contributed by atoms with E-state index in [0.717, 1.165) is 77.0 Å². The summed E-state index contributed by atoms with van der Waals surface area (Å²) in [5.74, 6) is -0.522. The van der Waals surface area contributed by atoms with Gasteiger partial charge in [-0.15, -0.1) is 0 Å². The van der Waals surface area contributed by atoms with Crippen LogP contribution in [0, 0.1) is 0 Å². The van der Waals surface area contributed by atoms with Crippen LogP contribution in [0.3, 0.4) is 0 Å². The van der Waals surface area contributed by atoms with Gasteiger partial charge in [-0.2, -0.15) is 0 Å². The quantitative estimate of drug-likeness (QED) is 0.0246. The number of amides is 1. The molecule has 6 heteroatoms. The summed E-state index contributed by atoms with van der Waals surface area (Å²) in [4.78, 5) is 26.1. The maximum absolute atomic E-state index is 13.2. The Balaban J connectivity index is 4.68. The van der Waals surface area contributed by atoms with Crippen molar-refractivity contribution in [1.82, 2.24) is 5.32 Å². The largest absolute Gasteiger partial charge is 0.462 e. The molecule has 3 unspecified atom stereocenters. The third-order valence-electron chi connectivity index (χ3n) is 11.4. The number of unbranched alkanes of at least 4 members (excludes halogenated alkanes) is 26. The van der Waals surface area contributed by atoms with Crippen molar-refractivity contribution in [2.75, 3.05) is 6.61 Å². The van der Waals surface area contributed by atoms with Gasteiger partial charge in [-0.1, -0.05) is 216 Å². The van der Waals surface area contributed by atoms with Gasteiger partial charge in [0, 0.05) is 6.42 Å². The van der Waals surface area contributed by atoms with Crippen LogP contribution in [0.15, 0.2) is 60.8 Å². The monoisotopic (exact) mass is 840 g/mol. The normalized spacial score (nSPS) is 13.8. The molecule has 0 aromatic rings. The van der Waals surface area contributed by atoms with Crippen LogP contribution >= 0.6 is 0 Å². The van der Waals surface area contributed by atoms with Crippen LogP contribution in [0.5, 0.6) is 0 Å². The average molecular weight is 840 g/mol. The smallest absolute Gasteiger partial charge is 0.306 e. The Morgan fingerprint density at radius 1 is 0.483 bits per heavy atom. The summed E-state index contributed by atoms with van der Waals surface area (Å²) >= 11 is 0. The lowest BCUT2D eigenvalue weighted by molar-refractivity contribution is -0.151. The molecule has 0 bridgehead atoms. The van der Waals surface area contributed by atoms with E-state index >= 15 is 0 Å². The molecule has 6 nitrogen and oxygen atoms in total. The summed E-state index contributed by atoms with van der Waals surface area (Å²) in [5.41, 5.74) is 0. The number of nitrogens with one attached hydrogen (secondary N) is 1. The van der Waals surface area contributed by atoms with E-state index in [4.69, 9.17) is 4.74 Å². The topological polar surface area (TPSA) is 95.9 Å². The Hall–Kier alpha value is -2.44. The number of hydrogen-bond acceptors (Lipinski definition) is 5. The first-order valence-electron chi connectivity index (χ1n) is 25.6. The molecule has 0 radical (unpaired) electrons. The highest BCUT2D eigenvalue weighted by molar-refractivity contribution is 5.77. The van der Waals surface area contributed by atoms with Crippen LogP contribution in [0.4, 0.5) is 0 Å². The second-order valence-electron chi connectivity index (χ2n) is 17.3. The highest BCUT2D eigenvalue weighted by Crippen LogP contribution is 2.17. The van der Waals surface area contributed by atoms with Gasteiger partial charge < -0.3 is 20.3 Å². The van der Waals surface area contributed by atoms with Gasteiger partial charge in [-0.25, -0.2) is 0 Å². The molecule has 0 saturated heterocycles. The molecule has 60 heavy (non-hydrogen) atoms. The predicted molar refractivity (Wildman–Crippen MR) is 259 cm³/mol. The number of ether oxygens (including phenoxy) is 1. The summed E-state index contributed by atoms with van der Waals surface area (Å²) in [7, 11) is 0. The average Bonchev–Trinajstić information content (AvgIpc) is 3.24. The second kappa shape index (κ2) is 47.6. The molecule has 0 aromatic carbocycles. The van der Waals surface area contributed by atoms with Crippen molar-refractivity contribution >= 4 is 11.9 Å². The predicted octanol–water partition coefficient (Wildman–Crippen LogP) is 15.2. The molecule has 0 aliphatic carbocycles. The standard InChI is InChI=1S/C54H97NO5/c1-4-7-10-13-16-19-21-23-25-27-29-31-34-36-39-42-45-50(48-53(58)55-51(49-56)52(57)46-43-40-37-33-18-15-12-9-6-3)60-54(59)47-44-41-38-35-32-30-28-26-24-22-20-17-14-11-8-5-2/h16,19,21,23,25-29,31,50-52,56-57H,4-15,17-18,20,22,24,30,32-49H2,1-3H3,(H,55,58)/b19-16+,23-21+,27-25+,28-26+,31-29+. The summed E-state index contributed by atoms with van der Waals surface area (Å²) in [6.45, 7) is 6.41. The van der Waals surface area contributed by atoms with Crippen LogP contribution in [0.2, 0.25) is 0 Å². The third kappa shape index (κ3) is 42.3. The molecule has 1 amide bonds. The molecule has 0 aliphatic heterocycles. The molecule has 3 atom stereocenters. The number of hydrogen-bond donors (Lipinski definition) is 3. The fraction of sp³-hybridized carbons (Fsp3) is 0.778. The van der Waals surface area contributed by atoms with Crippen molar-refractivity contribution in [3.8, 4) is 0 Å². The molecular formula is C54H97NO5. The first kappa shape index (κ1) is 57.6. The summed E-state index contributed by atoms with van der Waals surface area (Å²) in [5, 5.41) is 23.7. The van der Waals surface area contributed by atoms with Crippen molar-refractivity contribution in [1.29, 1.82) is 0 Å². The maximum Gasteiger partial charge on any atom is 0.306 e. The van der Waals surface area contributed by atoms with Gasteiger partial charge in [0.1, 0.15) is 6.10 Å². The van der Waals surface area contributed by atoms with E-state index < -0.39 is 18.2 Å². The summed E-state index contributed by atoms with van der Waals surface area (Å²) in [6, 6.07) is -0.716. The molecular weight excluding hydrogens is 743 g/mol. The van der Waals surface area contributed by atoms with E-state index in [0.29, 0.717) is 19.3 Å². The van der Waals surface area contributed by atoms with Gasteiger partial charge >= 0.3 is 5.97 Å². The van der Waals surface area contributed by atoms with Crippen molar-refractivity contribution in [3.05, 3.63) is 60.8 Å². The molecule has 0 spiro atoms. The van der Waals surface area contributed by atoms with Gasteiger partial charge in [-0.05, 0) is 77.0 Å². The van der Waals surface area contributed by atoms with E-state index in [1.54, 1.807) is 0 Å². The molecule has 0 aliphatic rings. The van der Waals surface area contributed by atoms with Crippen molar-refractivity contribution in [2.45, 2.75) is 264 Å². The van der Waals surface area contributed by atoms with Crippen molar-refractivity contribution in [2.24, 2.45) is 0 Å². The molecule has 0 heterocycles. The third-order valence-corrected chi connectivity index (χ3v) is 11.4. The van der Waals surface area contributed by atoms with Gasteiger partial charge in [-0.3, -0.25) is 9.59 Å². The van der Waals surface area contributed by atoms with E-state index in [1.165, 1.54) is 122 Å². The fourth-order valence-corrected chi connectivity index (χ4v) is 7.49. The Morgan fingerprint density at radius 2 is 0.867 bits per heavy atom. The Bertz CT molecular complexity index is 1080. The molecule has 3 N–H and O–H groups in total. The first-order chi connectivity index (χ1) is 29.5. The lowest BCUT2D eigenvalue weighted by Gasteiger charge is -2.24. The van der Waals surface area contributed by atoms with E-state index in [1.807, 2.05) is 6.08 Å². The lowest BCUT2D eigenvalue weighted by Crippen LogP contribution is -2.46. The van der Waals surface area contributed by atoms with Crippen LogP contribution in [-0.2, 0) is 14.3 Å². The number of carbonyl (C=O) groups is 2. The summed E-state index contributed by atoms with van der Waals surface area (Å²) < 4.78 is 5.91. The number of esters is 1. The highest BCUT2D eigenvalue weighted by atomic mass is 16.5. The minimum Gasteiger partial charge on any atom is -0.462 e. The van der Waals surface area contributed by atoms with E-state index in [9.17, 15) is 19.8 Å². The number of aliphatic hydroxyl groups excluding tert-OH is 2. The number of rotatable bonds is 45. The molecule has 0 saturated carbocycles. The Kier molecular flexibility index (Phi) is 45.7. The zero-order valence-corrected chi connectivity index (χ0v) is 39.6. The first-order valence-corrected chi connectivity index (χ1v) is 25.6. The fourth-order valence-electron chi connectivity index (χ4n) is 7.49.